The Morgan fingerprint density at radius 3 is 2.79 bits per heavy atom. The smallest absolute Gasteiger partial charge is 0.225 e. The number of likely N-dealkylation sites (tertiary alicyclic amines) is 1. The second-order valence-corrected chi connectivity index (χ2v) is 8.11. The Balaban J connectivity index is 1.44. The molecule has 1 aromatic carbocycles. The van der Waals surface area contributed by atoms with Gasteiger partial charge >= 0.3 is 0 Å². The van der Waals surface area contributed by atoms with Gasteiger partial charge in [0.25, 0.3) is 0 Å². The molecule has 1 aliphatic carbocycles. The molecule has 2 fully saturated rings. The van der Waals surface area contributed by atoms with E-state index in [1.807, 2.05) is 4.90 Å². The van der Waals surface area contributed by atoms with Crippen molar-refractivity contribution in [3.63, 3.8) is 0 Å². The number of nitrogens with one attached hydrogen (secondary N) is 2. The van der Waals surface area contributed by atoms with Crippen LogP contribution >= 0.6 is 11.6 Å². The lowest BCUT2D eigenvalue weighted by atomic mass is 9.88. The van der Waals surface area contributed by atoms with Gasteiger partial charge in [0.05, 0.1) is 0 Å². The molecular formula is C21H30ClFN4O. The Kier molecular flexibility index (Phi) is 7.54. The lowest BCUT2D eigenvalue weighted by molar-refractivity contribution is -0.135. The molecule has 28 heavy (non-hydrogen) atoms. The van der Waals surface area contributed by atoms with Gasteiger partial charge in [0.15, 0.2) is 5.96 Å². The molecule has 7 heteroatoms. The first-order chi connectivity index (χ1) is 13.6. The van der Waals surface area contributed by atoms with E-state index in [0.717, 1.165) is 32.4 Å². The molecule has 2 N–H and O–H groups in total. The summed E-state index contributed by atoms with van der Waals surface area (Å²) in [6.45, 7) is 2.04. The fourth-order valence-electron chi connectivity index (χ4n) is 4.15. The topological polar surface area (TPSA) is 56.7 Å². The summed E-state index contributed by atoms with van der Waals surface area (Å²) < 4.78 is 13.9. The van der Waals surface area contributed by atoms with Gasteiger partial charge in [0.2, 0.25) is 5.91 Å². The lowest BCUT2D eigenvalue weighted by Gasteiger charge is -2.26. The molecule has 0 radical (unpaired) electrons. The summed E-state index contributed by atoms with van der Waals surface area (Å²) in [7, 11) is 1.71. The van der Waals surface area contributed by atoms with Gasteiger partial charge in [-0.25, -0.2) is 4.39 Å². The first kappa shape index (κ1) is 20.9. The van der Waals surface area contributed by atoms with E-state index in [0.29, 0.717) is 35.4 Å². The zero-order valence-electron chi connectivity index (χ0n) is 16.5. The number of aliphatic imine (C=N–C) groups is 1. The minimum Gasteiger partial charge on any atom is -0.356 e. The van der Waals surface area contributed by atoms with Crippen LogP contribution in [-0.4, -0.2) is 49.5 Å². The quantitative estimate of drug-likeness (QED) is 0.580. The summed E-state index contributed by atoms with van der Waals surface area (Å²) in [6.07, 6.45) is 7.07. The molecule has 1 unspecified atom stereocenters. The summed E-state index contributed by atoms with van der Waals surface area (Å²) in [5, 5.41) is 7.05. The highest BCUT2D eigenvalue weighted by atomic mass is 35.5. The SMILES string of the molecule is CN=C(NCCc1c(F)cccc1Cl)NC1CCN(C(=O)C2CCCCC2)C1. The largest absolute Gasteiger partial charge is 0.356 e. The van der Waals surface area contributed by atoms with Crippen LogP contribution in [0, 0.1) is 11.7 Å². The van der Waals surface area contributed by atoms with Gasteiger partial charge in [0, 0.05) is 49.2 Å². The van der Waals surface area contributed by atoms with Gasteiger partial charge in [-0.3, -0.25) is 9.79 Å². The second-order valence-electron chi connectivity index (χ2n) is 7.70. The maximum atomic E-state index is 13.9. The molecule has 2 aliphatic rings. The third kappa shape index (κ3) is 5.37. The van der Waals surface area contributed by atoms with Gasteiger partial charge < -0.3 is 15.5 Å². The number of rotatable bonds is 5. The first-order valence-electron chi connectivity index (χ1n) is 10.3. The first-order valence-corrected chi connectivity index (χ1v) is 10.6. The summed E-state index contributed by atoms with van der Waals surface area (Å²) >= 11 is 6.07. The van der Waals surface area contributed by atoms with E-state index in [1.54, 1.807) is 19.2 Å². The number of hydrogen-bond acceptors (Lipinski definition) is 2. The standard InChI is InChI=1S/C21H30ClFN4O/c1-24-21(25-12-10-17-18(22)8-5-9-19(17)23)26-16-11-13-27(14-16)20(28)15-6-3-2-4-7-15/h5,8-9,15-16H,2-4,6-7,10-14H2,1H3,(H2,24,25,26). The summed E-state index contributed by atoms with van der Waals surface area (Å²) in [6, 6.07) is 4.92. The number of carbonyl (C=O) groups is 1. The number of halogens is 2. The van der Waals surface area contributed by atoms with Crippen LogP contribution in [0.5, 0.6) is 0 Å². The molecule has 1 atom stereocenters. The summed E-state index contributed by atoms with van der Waals surface area (Å²) in [5.74, 6) is 0.922. The van der Waals surface area contributed by atoms with Crippen molar-refractivity contribution in [3.05, 3.63) is 34.6 Å². The maximum absolute atomic E-state index is 13.9. The van der Waals surface area contributed by atoms with Crippen LogP contribution in [0.1, 0.15) is 44.1 Å². The summed E-state index contributed by atoms with van der Waals surface area (Å²) in [4.78, 5) is 18.9. The number of carbonyl (C=O) groups excluding carboxylic acids is 1. The van der Waals surface area contributed by atoms with Gasteiger partial charge in [-0.05, 0) is 37.8 Å². The van der Waals surface area contributed by atoms with E-state index in [2.05, 4.69) is 15.6 Å². The van der Waals surface area contributed by atoms with Gasteiger partial charge in [-0.2, -0.15) is 0 Å². The number of benzene rings is 1. The van der Waals surface area contributed by atoms with Crippen LogP contribution in [0.2, 0.25) is 5.02 Å². The van der Waals surface area contributed by atoms with E-state index in [-0.39, 0.29) is 17.8 Å². The molecule has 0 bridgehead atoms. The van der Waals surface area contributed by atoms with Crippen molar-refractivity contribution in [2.75, 3.05) is 26.7 Å². The molecule has 1 aromatic rings. The minimum absolute atomic E-state index is 0.191. The third-order valence-corrected chi connectivity index (χ3v) is 6.10. The third-order valence-electron chi connectivity index (χ3n) is 5.75. The minimum atomic E-state index is -0.287. The Bertz CT molecular complexity index is 685. The van der Waals surface area contributed by atoms with E-state index < -0.39 is 0 Å². The van der Waals surface area contributed by atoms with E-state index >= 15 is 0 Å². The molecule has 1 heterocycles. The zero-order chi connectivity index (χ0) is 19.9. The molecule has 1 saturated heterocycles. The Morgan fingerprint density at radius 2 is 2.07 bits per heavy atom. The van der Waals surface area contributed by atoms with Crippen LogP contribution in [0.4, 0.5) is 4.39 Å². The van der Waals surface area contributed by atoms with Crippen LogP contribution in [-0.2, 0) is 11.2 Å². The zero-order valence-corrected chi connectivity index (χ0v) is 17.3. The van der Waals surface area contributed by atoms with Crippen molar-refractivity contribution in [2.24, 2.45) is 10.9 Å². The fourth-order valence-corrected chi connectivity index (χ4v) is 4.41. The highest BCUT2D eigenvalue weighted by Gasteiger charge is 2.31. The van der Waals surface area contributed by atoms with Gasteiger partial charge in [-0.15, -0.1) is 0 Å². The second kappa shape index (κ2) is 10.1. The molecule has 3 rings (SSSR count). The molecular weight excluding hydrogens is 379 g/mol. The molecule has 154 valence electrons. The normalized spacial score (nSPS) is 21.0. The Morgan fingerprint density at radius 1 is 1.29 bits per heavy atom. The fraction of sp³-hybridized carbons (Fsp3) is 0.619. The molecule has 0 aromatic heterocycles. The van der Waals surface area contributed by atoms with Crippen LogP contribution in [0.3, 0.4) is 0 Å². The molecule has 1 amide bonds. The van der Waals surface area contributed by atoms with E-state index in [9.17, 15) is 9.18 Å². The van der Waals surface area contributed by atoms with E-state index in [4.69, 9.17) is 11.6 Å². The Hall–Kier alpha value is -1.82. The number of amides is 1. The van der Waals surface area contributed by atoms with Crippen molar-refractivity contribution < 1.29 is 9.18 Å². The van der Waals surface area contributed by atoms with Crippen LogP contribution in [0.25, 0.3) is 0 Å². The van der Waals surface area contributed by atoms with Crippen molar-refractivity contribution in [1.29, 1.82) is 0 Å². The Labute approximate surface area is 171 Å². The predicted molar refractivity (Wildman–Crippen MR) is 111 cm³/mol. The predicted octanol–water partition coefficient (Wildman–Crippen LogP) is 3.37. The highest BCUT2D eigenvalue weighted by Crippen LogP contribution is 2.26. The monoisotopic (exact) mass is 408 g/mol. The van der Waals surface area contributed by atoms with Gasteiger partial charge in [0.1, 0.15) is 5.82 Å². The average Bonchev–Trinajstić information content (AvgIpc) is 3.18. The van der Waals surface area contributed by atoms with Crippen molar-refractivity contribution in [3.8, 4) is 0 Å². The van der Waals surface area contributed by atoms with Crippen LogP contribution in [0.15, 0.2) is 23.2 Å². The van der Waals surface area contributed by atoms with Crippen molar-refractivity contribution >= 4 is 23.5 Å². The molecule has 1 saturated carbocycles. The van der Waals surface area contributed by atoms with Crippen LogP contribution < -0.4 is 10.6 Å². The van der Waals surface area contributed by atoms with Crippen molar-refractivity contribution in [1.82, 2.24) is 15.5 Å². The number of guanidine groups is 1. The van der Waals surface area contributed by atoms with Gasteiger partial charge in [-0.1, -0.05) is 36.9 Å². The highest BCUT2D eigenvalue weighted by molar-refractivity contribution is 6.31. The maximum Gasteiger partial charge on any atom is 0.225 e. The summed E-state index contributed by atoms with van der Waals surface area (Å²) in [5.41, 5.74) is 0.511. The average molecular weight is 409 g/mol. The number of nitrogens with zero attached hydrogens (tertiary/aromatic N) is 2. The van der Waals surface area contributed by atoms with Crippen molar-refractivity contribution in [2.45, 2.75) is 51.0 Å². The molecule has 1 aliphatic heterocycles. The molecule has 0 spiro atoms. The van der Waals surface area contributed by atoms with E-state index in [1.165, 1.54) is 25.3 Å². The number of hydrogen-bond donors (Lipinski definition) is 2. The lowest BCUT2D eigenvalue weighted by Crippen LogP contribution is -2.46. The molecule has 5 nitrogen and oxygen atoms in total.